The van der Waals surface area contributed by atoms with Gasteiger partial charge in [-0.05, 0) is 25.7 Å². The lowest BCUT2D eigenvalue weighted by Crippen LogP contribution is -2.51. The third-order valence-corrected chi connectivity index (χ3v) is 3.87. The van der Waals surface area contributed by atoms with E-state index in [4.69, 9.17) is 10.00 Å². The molecule has 0 aromatic rings. The lowest BCUT2D eigenvalue weighted by Gasteiger charge is -2.36. The van der Waals surface area contributed by atoms with Crippen LogP contribution in [0, 0.1) is 16.7 Å². The minimum atomic E-state index is -0.738. The molecule has 0 atom stereocenters. The van der Waals surface area contributed by atoms with Gasteiger partial charge in [0.25, 0.3) is 0 Å². The Hall–Kier alpha value is -1.08. The number of ether oxygens (including phenoxy) is 1. The fraction of sp³-hybridized carbons (Fsp3) is 0.833. The maximum atomic E-state index is 12.0. The Balaban J connectivity index is 1.86. The van der Waals surface area contributed by atoms with Crippen LogP contribution in [-0.2, 0) is 9.53 Å². The van der Waals surface area contributed by atoms with E-state index in [0.717, 1.165) is 38.5 Å². The topological polar surface area (TPSA) is 62.1 Å². The molecule has 0 aliphatic heterocycles. The van der Waals surface area contributed by atoms with E-state index in [9.17, 15) is 4.79 Å². The standard InChI is InChI=1S/C12H18N2O2/c1-16-10-6-9(7-10)14-11(15)12(8-13)4-2-3-5-12/h9-10H,2-7H2,1H3,(H,14,15). The molecule has 0 spiro atoms. The van der Waals surface area contributed by atoms with Crippen LogP contribution in [0.2, 0.25) is 0 Å². The van der Waals surface area contributed by atoms with E-state index in [-0.39, 0.29) is 18.1 Å². The van der Waals surface area contributed by atoms with Crippen molar-refractivity contribution in [1.29, 1.82) is 5.26 Å². The van der Waals surface area contributed by atoms with Crippen LogP contribution in [0.5, 0.6) is 0 Å². The van der Waals surface area contributed by atoms with Crippen molar-refractivity contribution in [3.63, 3.8) is 0 Å². The highest BCUT2D eigenvalue weighted by atomic mass is 16.5. The molecule has 0 radical (unpaired) electrons. The molecule has 2 aliphatic rings. The van der Waals surface area contributed by atoms with Gasteiger partial charge in [0.15, 0.2) is 0 Å². The Labute approximate surface area is 96.0 Å². The van der Waals surface area contributed by atoms with E-state index in [2.05, 4.69) is 11.4 Å². The molecule has 2 aliphatic carbocycles. The fourth-order valence-corrected chi connectivity index (χ4v) is 2.57. The van der Waals surface area contributed by atoms with Gasteiger partial charge in [0.05, 0.1) is 12.2 Å². The molecular formula is C12H18N2O2. The summed E-state index contributed by atoms with van der Waals surface area (Å²) in [4.78, 5) is 12.0. The number of nitrogens with zero attached hydrogens (tertiary/aromatic N) is 1. The first-order chi connectivity index (χ1) is 7.70. The van der Waals surface area contributed by atoms with Crippen molar-refractivity contribution in [1.82, 2.24) is 5.32 Å². The van der Waals surface area contributed by atoms with Crippen molar-refractivity contribution in [2.75, 3.05) is 7.11 Å². The molecule has 0 bridgehead atoms. The van der Waals surface area contributed by atoms with Crippen molar-refractivity contribution in [3.8, 4) is 6.07 Å². The molecule has 0 saturated heterocycles. The highest BCUT2D eigenvalue weighted by molar-refractivity contribution is 5.86. The van der Waals surface area contributed by atoms with E-state index in [1.165, 1.54) is 0 Å². The summed E-state index contributed by atoms with van der Waals surface area (Å²) in [5, 5.41) is 12.1. The highest BCUT2D eigenvalue weighted by Crippen LogP contribution is 2.38. The molecular weight excluding hydrogens is 204 g/mol. The number of hydrogen-bond acceptors (Lipinski definition) is 3. The van der Waals surface area contributed by atoms with Crippen molar-refractivity contribution < 1.29 is 9.53 Å². The zero-order valence-electron chi connectivity index (χ0n) is 9.66. The van der Waals surface area contributed by atoms with Gasteiger partial charge < -0.3 is 10.1 Å². The smallest absolute Gasteiger partial charge is 0.240 e. The quantitative estimate of drug-likeness (QED) is 0.784. The summed E-state index contributed by atoms with van der Waals surface area (Å²) in [6.45, 7) is 0. The van der Waals surface area contributed by atoms with E-state index in [0.29, 0.717) is 0 Å². The SMILES string of the molecule is COC1CC(NC(=O)C2(C#N)CCCC2)C1. The summed E-state index contributed by atoms with van der Waals surface area (Å²) in [6.07, 6.45) is 5.46. The first-order valence-electron chi connectivity index (χ1n) is 5.95. The van der Waals surface area contributed by atoms with Gasteiger partial charge >= 0.3 is 0 Å². The van der Waals surface area contributed by atoms with Crippen LogP contribution >= 0.6 is 0 Å². The number of carbonyl (C=O) groups excluding carboxylic acids is 1. The normalized spacial score (nSPS) is 31.5. The van der Waals surface area contributed by atoms with Gasteiger partial charge in [0.1, 0.15) is 5.41 Å². The molecule has 16 heavy (non-hydrogen) atoms. The van der Waals surface area contributed by atoms with Crippen LogP contribution in [0.4, 0.5) is 0 Å². The van der Waals surface area contributed by atoms with Gasteiger partial charge in [0.2, 0.25) is 5.91 Å². The first kappa shape index (κ1) is 11.4. The maximum absolute atomic E-state index is 12.0. The molecule has 2 rings (SSSR count). The van der Waals surface area contributed by atoms with Crippen LogP contribution in [0.25, 0.3) is 0 Å². The van der Waals surface area contributed by atoms with Gasteiger partial charge in [0, 0.05) is 13.2 Å². The number of nitriles is 1. The van der Waals surface area contributed by atoms with Crippen molar-refractivity contribution in [3.05, 3.63) is 0 Å². The van der Waals surface area contributed by atoms with Crippen molar-refractivity contribution >= 4 is 5.91 Å². The number of amides is 1. The number of rotatable bonds is 3. The number of nitrogens with one attached hydrogen (secondary N) is 1. The maximum Gasteiger partial charge on any atom is 0.240 e. The fourth-order valence-electron chi connectivity index (χ4n) is 2.57. The Morgan fingerprint density at radius 2 is 2.06 bits per heavy atom. The molecule has 0 heterocycles. The van der Waals surface area contributed by atoms with Crippen LogP contribution in [-0.4, -0.2) is 25.2 Å². The second-order valence-corrected chi connectivity index (χ2v) is 4.90. The van der Waals surface area contributed by atoms with E-state index in [1.807, 2.05) is 0 Å². The Morgan fingerprint density at radius 3 is 2.56 bits per heavy atom. The predicted octanol–water partition coefficient (Wildman–Crippen LogP) is 1.36. The van der Waals surface area contributed by atoms with E-state index < -0.39 is 5.41 Å². The Kier molecular flexibility index (Phi) is 3.15. The summed E-state index contributed by atoms with van der Waals surface area (Å²) < 4.78 is 5.16. The zero-order valence-corrected chi connectivity index (χ0v) is 9.66. The molecule has 4 heteroatoms. The van der Waals surface area contributed by atoms with Gasteiger partial charge in [-0.25, -0.2) is 0 Å². The van der Waals surface area contributed by atoms with E-state index in [1.54, 1.807) is 7.11 Å². The van der Waals surface area contributed by atoms with Gasteiger partial charge in [-0.1, -0.05) is 12.8 Å². The van der Waals surface area contributed by atoms with Crippen LogP contribution in [0.15, 0.2) is 0 Å². The van der Waals surface area contributed by atoms with Crippen molar-refractivity contribution in [2.24, 2.45) is 5.41 Å². The molecule has 88 valence electrons. The van der Waals surface area contributed by atoms with Crippen LogP contribution < -0.4 is 5.32 Å². The molecule has 1 amide bonds. The zero-order chi connectivity index (χ0) is 11.6. The summed E-state index contributed by atoms with van der Waals surface area (Å²) in [6, 6.07) is 2.42. The van der Waals surface area contributed by atoms with Gasteiger partial charge in [-0.15, -0.1) is 0 Å². The summed E-state index contributed by atoms with van der Waals surface area (Å²) in [7, 11) is 1.69. The number of hydrogen-bond donors (Lipinski definition) is 1. The molecule has 2 saturated carbocycles. The second-order valence-electron chi connectivity index (χ2n) is 4.90. The number of methoxy groups -OCH3 is 1. The Morgan fingerprint density at radius 1 is 1.44 bits per heavy atom. The Bertz CT molecular complexity index is 309. The lowest BCUT2D eigenvalue weighted by atomic mass is 9.84. The highest BCUT2D eigenvalue weighted by Gasteiger charge is 2.43. The second kappa shape index (κ2) is 4.42. The average Bonchev–Trinajstić information content (AvgIpc) is 2.72. The van der Waals surface area contributed by atoms with Crippen LogP contribution in [0.3, 0.4) is 0 Å². The summed E-state index contributed by atoms with van der Waals surface area (Å²) >= 11 is 0. The first-order valence-corrected chi connectivity index (χ1v) is 5.95. The summed E-state index contributed by atoms with van der Waals surface area (Å²) in [5.41, 5.74) is -0.738. The minimum Gasteiger partial charge on any atom is -0.381 e. The average molecular weight is 222 g/mol. The van der Waals surface area contributed by atoms with Crippen molar-refractivity contribution in [2.45, 2.75) is 50.7 Å². The molecule has 0 unspecified atom stereocenters. The minimum absolute atomic E-state index is 0.0629. The number of carbonyl (C=O) groups is 1. The van der Waals surface area contributed by atoms with E-state index >= 15 is 0 Å². The monoisotopic (exact) mass is 222 g/mol. The van der Waals surface area contributed by atoms with Gasteiger partial charge in [-0.2, -0.15) is 5.26 Å². The van der Waals surface area contributed by atoms with Crippen LogP contribution in [0.1, 0.15) is 38.5 Å². The molecule has 0 aromatic heterocycles. The molecule has 0 aromatic carbocycles. The lowest BCUT2D eigenvalue weighted by molar-refractivity contribution is -0.130. The largest absolute Gasteiger partial charge is 0.381 e. The molecule has 2 fully saturated rings. The molecule has 1 N–H and O–H groups in total. The third-order valence-electron chi connectivity index (χ3n) is 3.87. The predicted molar refractivity (Wildman–Crippen MR) is 58.5 cm³/mol. The van der Waals surface area contributed by atoms with Gasteiger partial charge in [-0.3, -0.25) is 4.79 Å². The summed E-state index contributed by atoms with van der Waals surface area (Å²) in [5.74, 6) is -0.0629. The third kappa shape index (κ3) is 1.92. The molecule has 4 nitrogen and oxygen atoms in total.